The van der Waals surface area contributed by atoms with Crippen LogP contribution in [0.2, 0.25) is 0 Å². The highest BCUT2D eigenvalue weighted by molar-refractivity contribution is 5.77. The van der Waals surface area contributed by atoms with Crippen molar-refractivity contribution in [3.63, 3.8) is 0 Å². The van der Waals surface area contributed by atoms with E-state index in [1.54, 1.807) is 11.1 Å². The fraction of sp³-hybridized carbons (Fsp3) is 0.533. The van der Waals surface area contributed by atoms with Crippen LogP contribution in [0.25, 0.3) is 0 Å². The quantitative estimate of drug-likeness (QED) is 0.880. The maximum Gasteiger partial charge on any atom is 0.317 e. The van der Waals surface area contributed by atoms with Gasteiger partial charge in [0.2, 0.25) is 0 Å². The highest BCUT2D eigenvalue weighted by atomic mass is 16.4. The van der Waals surface area contributed by atoms with Crippen molar-refractivity contribution < 1.29 is 14.7 Å². The van der Waals surface area contributed by atoms with Gasteiger partial charge >= 0.3 is 12.0 Å². The first-order chi connectivity index (χ1) is 9.90. The topological polar surface area (TPSA) is 82.5 Å². The molecular weight excluding hydrogens is 270 g/mol. The van der Waals surface area contributed by atoms with Crippen LogP contribution in [0.3, 0.4) is 0 Å². The van der Waals surface area contributed by atoms with Gasteiger partial charge in [-0.1, -0.05) is 19.9 Å². The smallest absolute Gasteiger partial charge is 0.317 e. The number of hydrogen-bond donors (Lipinski definition) is 2. The number of aromatic nitrogens is 1. The summed E-state index contributed by atoms with van der Waals surface area (Å²) < 4.78 is 0. The fourth-order valence-corrected chi connectivity index (χ4v) is 2.41. The van der Waals surface area contributed by atoms with E-state index in [1.807, 2.05) is 32.0 Å². The molecule has 2 heterocycles. The van der Waals surface area contributed by atoms with Crippen LogP contribution in [0.15, 0.2) is 24.4 Å². The molecule has 0 bridgehead atoms. The van der Waals surface area contributed by atoms with Gasteiger partial charge in [-0.2, -0.15) is 0 Å². The minimum absolute atomic E-state index is 0.206. The lowest BCUT2D eigenvalue weighted by molar-refractivity contribution is -0.141. The van der Waals surface area contributed by atoms with Gasteiger partial charge in [0, 0.05) is 36.9 Å². The first-order valence-corrected chi connectivity index (χ1v) is 7.07. The van der Waals surface area contributed by atoms with Crippen molar-refractivity contribution in [3.8, 4) is 0 Å². The molecule has 6 heteroatoms. The SMILES string of the molecule is CC(C)(CNC(=O)N1CCC(C(=O)O)C1)c1ccccn1. The van der Waals surface area contributed by atoms with Crippen LogP contribution < -0.4 is 5.32 Å². The normalized spacial score (nSPS) is 18.6. The molecule has 1 fully saturated rings. The van der Waals surface area contributed by atoms with E-state index >= 15 is 0 Å². The number of rotatable bonds is 4. The van der Waals surface area contributed by atoms with E-state index in [0.717, 1.165) is 5.69 Å². The van der Waals surface area contributed by atoms with E-state index in [2.05, 4.69) is 10.3 Å². The largest absolute Gasteiger partial charge is 0.481 e. The molecule has 0 spiro atoms. The first kappa shape index (κ1) is 15.3. The molecule has 1 saturated heterocycles. The third-order valence-electron chi connectivity index (χ3n) is 3.86. The molecule has 1 aromatic heterocycles. The number of nitrogens with one attached hydrogen (secondary N) is 1. The molecule has 0 radical (unpaired) electrons. The van der Waals surface area contributed by atoms with Crippen LogP contribution in [0.1, 0.15) is 26.0 Å². The maximum absolute atomic E-state index is 12.1. The molecule has 2 amide bonds. The van der Waals surface area contributed by atoms with Gasteiger partial charge in [-0.15, -0.1) is 0 Å². The summed E-state index contributed by atoms with van der Waals surface area (Å²) in [5.41, 5.74) is 0.637. The Morgan fingerprint density at radius 2 is 2.24 bits per heavy atom. The minimum atomic E-state index is -0.834. The van der Waals surface area contributed by atoms with Crippen LogP contribution in [-0.4, -0.2) is 46.6 Å². The number of urea groups is 1. The van der Waals surface area contributed by atoms with E-state index < -0.39 is 11.9 Å². The summed E-state index contributed by atoms with van der Waals surface area (Å²) in [5.74, 6) is -1.28. The van der Waals surface area contributed by atoms with E-state index in [1.165, 1.54) is 0 Å². The molecular formula is C15H21N3O3. The molecule has 1 aliphatic rings. The zero-order valence-corrected chi connectivity index (χ0v) is 12.4. The van der Waals surface area contributed by atoms with Crippen molar-refractivity contribution in [3.05, 3.63) is 30.1 Å². The second-order valence-electron chi connectivity index (χ2n) is 6.03. The van der Waals surface area contributed by atoms with E-state index in [4.69, 9.17) is 5.11 Å². The first-order valence-electron chi connectivity index (χ1n) is 7.07. The second-order valence-corrected chi connectivity index (χ2v) is 6.03. The Morgan fingerprint density at radius 1 is 1.48 bits per heavy atom. The van der Waals surface area contributed by atoms with E-state index in [9.17, 15) is 9.59 Å². The minimum Gasteiger partial charge on any atom is -0.481 e. The Labute approximate surface area is 124 Å². The number of aliphatic carboxylic acids is 1. The van der Waals surface area contributed by atoms with Gasteiger partial charge < -0.3 is 15.3 Å². The number of carboxylic acids is 1. The summed E-state index contributed by atoms with van der Waals surface area (Å²) in [4.78, 5) is 28.9. The molecule has 1 aromatic rings. The number of hydrogen-bond acceptors (Lipinski definition) is 3. The van der Waals surface area contributed by atoms with Crippen LogP contribution in [0.5, 0.6) is 0 Å². The molecule has 21 heavy (non-hydrogen) atoms. The van der Waals surface area contributed by atoms with Crippen LogP contribution in [0, 0.1) is 5.92 Å². The van der Waals surface area contributed by atoms with Crippen LogP contribution >= 0.6 is 0 Å². The van der Waals surface area contributed by atoms with Gasteiger partial charge in [0.15, 0.2) is 0 Å². The molecule has 2 N–H and O–H groups in total. The highest BCUT2D eigenvalue weighted by Gasteiger charge is 2.31. The van der Waals surface area contributed by atoms with Crippen molar-refractivity contribution in [2.45, 2.75) is 25.7 Å². The Bertz CT molecular complexity index is 516. The average molecular weight is 291 g/mol. The van der Waals surface area contributed by atoms with Crippen molar-refractivity contribution in [2.24, 2.45) is 5.92 Å². The molecule has 114 valence electrons. The predicted molar refractivity (Wildman–Crippen MR) is 78.0 cm³/mol. The van der Waals surface area contributed by atoms with Gasteiger partial charge in [0.25, 0.3) is 0 Å². The molecule has 6 nitrogen and oxygen atoms in total. The van der Waals surface area contributed by atoms with Crippen molar-refractivity contribution in [2.75, 3.05) is 19.6 Å². The van der Waals surface area contributed by atoms with Crippen molar-refractivity contribution >= 4 is 12.0 Å². The number of carbonyl (C=O) groups excluding carboxylic acids is 1. The van der Waals surface area contributed by atoms with Crippen molar-refractivity contribution in [1.29, 1.82) is 0 Å². The fourth-order valence-electron chi connectivity index (χ4n) is 2.41. The lowest BCUT2D eigenvalue weighted by Crippen LogP contribution is -2.44. The van der Waals surface area contributed by atoms with Gasteiger partial charge in [0.05, 0.1) is 5.92 Å². The Balaban J connectivity index is 1.88. The molecule has 2 rings (SSSR count). The summed E-state index contributed by atoms with van der Waals surface area (Å²) in [6.07, 6.45) is 2.25. The molecule has 1 atom stereocenters. The highest BCUT2D eigenvalue weighted by Crippen LogP contribution is 2.20. The van der Waals surface area contributed by atoms with Gasteiger partial charge in [-0.25, -0.2) is 4.79 Å². The number of amides is 2. The lowest BCUT2D eigenvalue weighted by Gasteiger charge is -2.26. The standard InChI is InChI=1S/C15H21N3O3/c1-15(2,12-5-3-4-7-16-12)10-17-14(21)18-8-6-11(9-18)13(19)20/h3-5,7,11H,6,8-10H2,1-2H3,(H,17,21)(H,19,20). The summed E-state index contributed by atoms with van der Waals surface area (Å²) >= 11 is 0. The molecule has 0 aromatic carbocycles. The third-order valence-corrected chi connectivity index (χ3v) is 3.86. The third kappa shape index (κ3) is 3.71. The summed E-state index contributed by atoms with van der Waals surface area (Å²) in [6, 6.07) is 5.50. The Kier molecular flexibility index (Phi) is 4.45. The number of pyridine rings is 1. The zero-order chi connectivity index (χ0) is 15.5. The average Bonchev–Trinajstić information content (AvgIpc) is 2.96. The predicted octanol–water partition coefficient (Wildman–Crippen LogP) is 1.48. The van der Waals surface area contributed by atoms with Crippen molar-refractivity contribution in [1.82, 2.24) is 15.2 Å². The molecule has 1 aliphatic heterocycles. The van der Waals surface area contributed by atoms with E-state index in [0.29, 0.717) is 19.5 Å². The second kappa shape index (κ2) is 6.11. The number of likely N-dealkylation sites (tertiary alicyclic amines) is 1. The Hall–Kier alpha value is -2.11. The number of carbonyl (C=O) groups is 2. The molecule has 0 aliphatic carbocycles. The number of carboxylic acid groups (broad SMARTS) is 1. The summed E-state index contributed by atoms with van der Waals surface area (Å²) in [6.45, 7) is 5.26. The van der Waals surface area contributed by atoms with Gasteiger partial charge in [-0.3, -0.25) is 9.78 Å². The zero-order valence-electron chi connectivity index (χ0n) is 12.4. The monoisotopic (exact) mass is 291 g/mol. The Morgan fingerprint density at radius 3 is 2.81 bits per heavy atom. The summed E-state index contributed by atoms with van der Waals surface area (Å²) in [5, 5.41) is 11.8. The van der Waals surface area contributed by atoms with Crippen LogP contribution in [-0.2, 0) is 10.2 Å². The number of nitrogens with zero attached hydrogens (tertiary/aromatic N) is 2. The molecule has 0 saturated carbocycles. The van der Waals surface area contributed by atoms with Gasteiger partial charge in [-0.05, 0) is 18.6 Å². The lowest BCUT2D eigenvalue weighted by atomic mass is 9.89. The summed E-state index contributed by atoms with van der Waals surface area (Å²) in [7, 11) is 0. The molecule has 1 unspecified atom stereocenters. The van der Waals surface area contributed by atoms with Crippen LogP contribution in [0.4, 0.5) is 4.79 Å². The van der Waals surface area contributed by atoms with E-state index in [-0.39, 0.29) is 18.0 Å². The van der Waals surface area contributed by atoms with Gasteiger partial charge in [0.1, 0.15) is 0 Å². The maximum atomic E-state index is 12.1.